The summed E-state index contributed by atoms with van der Waals surface area (Å²) in [5, 5.41) is 2.86. The molecule has 0 spiro atoms. The minimum atomic E-state index is -0.510. The van der Waals surface area contributed by atoms with E-state index in [0.717, 1.165) is 19.4 Å². The summed E-state index contributed by atoms with van der Waals surface area (Å²) in [4.78, 5) is 28.3. The van der Waals surface area contributed by atoms with Gasteiger partial charge in [0, 0.05) is 39.3 Å². The molecule has 25 heavy (non-hydrogen) atoms. The van der Waals surface area contributed by atoms with Crippen molar-refractivity contribution >= 4 is 12.1 Å². The highest BCUT2D eigenvalue weighted by molar-refractivity contribution is 5.74. The van der Waals surface area contributed by atoms with Gasteiger partial charge in [0.1, 0.15) is 5.60 Å². The van der Waals surface area contributed by atoms with Crippen molar-refractivity contribution in [3.8, 4) is 0 Å². The molecule has 1 aliphatic heterocycles. The van der Waals surface area contributed by atoms with Crippen LogP contribution in [0.3, 0.4) is 0 Å². The third kappa shape index (κ3) is 7.94. The molecule has 1 unspecified atom stereocenters. The molecule has 146 valence electrons. The van der Waals surface area contributed by atoms with Gasteiger partial charge < -0.3 is 24.6 Å². The Morgan fingerprint density at radius 1 is 1.32 bits per heavy atom. The summed E-state index contributed by atoms with van der Waals surface area (Å²) in [6.07, 6.45) is 1.67. The molecular weight excluding hydrogens is 322 g/mol. The van der Waals surface area contributed by atoms with E-state index >= 15 is 0 Å². The normalized spacial score (nSPS) is 18.2. The van der Waals surface area contributed by atoms with Crippen LogP contribution in [0.1, 0.15) is 47.5 Å². The van der Waals surface area contributed by atoms with E-state index in [1.807, 2.05) is 39.5 Å². The van der Waals surface area contributed by atoms with E-state index in [1.165, 1.54) is 0 Å². The topological polar surface area (TPSA) is 71.1 Å². The van der Waals surface area contributed by atoms with Crippen LogP contribution < -0.4 is 5.32 Å². The van der Waals surface area contributed by atoms with Crippen molar-refractivity contribution < 1.29 is 19.1 Å². The lowest BCUT2D eigenvalue weighted by atomic mass is 9.97. The van der Waals surface area contributed by atoms with E-state index in [9.17, 15) is 9.59 Å². The summed E-state index contributed by atoms with van der Waals surface area (Å²) in [5.74, 6) is 0.261. The Kier molecular flexibility index (Phi) is 8.48. The van der Waals surface area contributed by atoms with E-state index in [-0.39, 0.29) is 24.1 Å². The molecule has 1 N–H and O–H groups in total. The molecule has 0 radical (unpaired) electrons. The lowest BCUT2D eigenvalue weighted by molar-refractivity contribution is 0.0131. The maximum atomic E-state index is 12.5. The quantitative estimate of drug-likeness (QED) is 0.742. The predicted molar refractivity (Wildman–Crippen MR) is 97.6 cm³/mol. The summed E-state index contributed by atoms with van der Waals surface area (Å²) < 4.78 is 10.5. The van der Waals surface area contributed by atoms with Crippen LogP contribution in [0, 0.1) is 5.92 Å². The molecule has 1 heterocycles. The molecule has 3 amide bonds. The number of nitrogens with zero attached hydrogens (tertiary/aromatic N) is 2. The number of likely N-dealkylation sites (tertiary alicyclic amines) is 1. The van der Waals surface area contributed by atoms with Gasteiger partial charge in [-0.15, -0.1) is 0 Å². The molecule has 7 heteroatoms. The third-order valence-electron chi connectivity index (χ3n) is 4.09. The largest absolute Gasteiger partial charge is 0.444 e. The summed E-state index contributed by atoms with van der Waals surface area (Å²) in [6.45, 7) is 12.6. The fourth-order valence-electron chi connectivity index (χ4n) is 2.87. The van der Waals surface area contributed by atoms with E-state index in [4.69, 9.17) is 9.47 Å². The van der Waals surface area contributed by atoms with Crippen molar-refractivity contribution in [3.05, 3.63) is 0 Å². The van der Waals surface area contributed by atoms with Gasteiger partial charge in [0.25, 0.3) is 0 Å². The van der Waals surface area contributed by atoms with Gasteiger partial charge >= 0.3 is 12.1 Å². The Morgan fingerprint density at radius 2 is 2.00 bits per heavy atom. The van der Waals surface area contributed by atoms with Gasteiger partial charge in [-0.1, -0.05) is 0 Å². The smallest absolute Gasteiger partial charge is 0.410 e. The lowest BCUT2D eigenvalue weighted by Crippen LogP contribution is -2.50. The van der Waals surface area contributed by atoms with Gasteiger partial charge in [0.15, 0.2) is 0 Å². The van der Waals surface area contributed by atoms with Crippen molar-refractivity contribution in [2.45, 2.75) is 59.1 Å². The van der Waals surface area contributed by atoms with Crippen molar-refractivity contribution in [1.82, 2.24) is 15.1 Å². The number of methoxy groups -OCH3 is 1. The molecule has 0 aromatic carbocycles. The van der Waals surface area contributed by atoms with E-state index in [2.05, 4.69) is 5.32 Å². The van der Waals surface area contributed by atoms with Crippen molar-refractivity contribution in [2.24, 2.45) is 5.92 Å². The van der Waals surface area contributed by atoms with Crippen molar-refractivity contribution in [1.29, 1.82) is 0 Å². The standard InChI is InChI=1S/C18H35N3O4/c1-14(2)21(17(23)25-18(3,4)5)13-15-8-7-10-20(12-15)16(22)19-9-11-24-6/h14-15H,7-13H2,1-6H3,(H,19,22). The second kappa shape index (κ2) is 9.85. The van der Waals surface area contributed by atoms with Crippen molar-refractivity contribution in [3.63, 3.8) is 0 Å². The van der Waals surface area contributed by atoms with Crippen LogP contribution in [-0.4, -0.2) is 73.5 Å². The molecule has 0 aromatic heterocycles. The second-order valence-corrected chi connectivity index (χ2v) is 7.91. The van der Waals surface area contributed by atoms with Crippen LogP contribution in [-0.2, 0) is 9.47 Å². The fraction of sp³-hybridized carbons (Fsp3) is 0.889. The van der Waals surface area contributed by atoms with Crippen LogP contribution >= 0.6 is 0 Å². The van der Waals surface area contributed by atoms with Crippen molar-refractivity contribution in [2.75, 3.05) is 39.9 Å². The van der Waals surface area contributed by atoms with Crippen LogP contribution in [0.4, 0.5) is 9.59 Å². The van der Waals surface area contributed by atoms with Gasteiger partial charge in [0.2, 0.25) is 0 Å². The molecule has 0 saturated carbocycles. The van der Waals surface area contributed by atoms with Gasteiger partial charge in [0.05, 0.1) is 6.61 Å². The first kappa shape index (κ1) is 21.5. The molecular formula is C18H35N3O4. The highest BCUT2D eigenvalue weighted by Gasteiger charge is 2.30. The summed E-state index contributed by atoms with van der Waals surface area (Å²) >= 11 is 0. The molecule has 0 bridgehead atoms. The number of piperidine rings is 1. The van der Waals surface area contributed by atoms with Gasteiger partial charge in [-0.2, -0.15) is 0 Å². The number of rotatable bonds is 6. The van der Waals surface area contributed by atoms with Gasteiger partial charge in [-0.3, -0.25) is 0 Å². The first-order valence-corrected chi connectivity index (χ1v) is 9.15. The number of ether oxygens (including phenoxy) is 2. The molecule has 1 aliphatic rings. The SMILES string of the molecule is COCCNC(=O)N1CCCC(CN(C(=O)OC(C)(C)C)C(C)C)C1. The molecule has 1 rings (SSSR count). The third-order valence-corrected chi connectivity index (χ3v) is 4.09. The molecule has 0 aromatic rings. The fourth-order valence-corrected chi connectivity index (χ4v) is 2.87. The van der Waals surface area contributed by atoms with Crippen LogP contribution in [0.15, 0.2) is 0 Å². The van der Waals surface area contributed by atoms with Crippen LogP contribution in [0.2, 0.25) is 0 Å². The minimum absolute atomic E-state index is 0.0563. The number of carbonyl (C=O) groups is 2. The molecule has 0 aliphatic carbocycles. The van der Waals surface area contributed by atoms with Gasteiger partial charge in [-0.25, -0.2) is 9.59 Å². The number of carbonyl (C=O) groups excluding carboxylic acids is 2. The van der Waals surface area contributed by atoms with E-state index in [0.29, 0.717) is 26.2 Å². The maximum absolute atomic E-state index is 12.5. The number of nitrogens with one attached hydrogen (secondary N) is 1. The average Bonchev–Trinajstić information content (AvgIpc) is 2.51. The van der Waals surface area contributed by atoms with E-state index in [1.54, 1.807) is 12.0 Å². The first-order valence-electron chi connectivity index (χ1n) is 9.15. The van der Waals surface area contributed by atoms with E-state index < -0.39 is 5.60 Å². The second-order valence-electron chi connectivity index (χ2n) is 7.91. The maximum Gasteiger partial charge on any atom is 0.410 e. The lowest BCUT2D eigenvalue weighted by Gasteiger charge is -2.37. The Bertz CT molecular complexity index is 435. The Labute approximate surface area is 152 Å². The van der Waals surface area contributed by atoms with Crippen LogP contribution in [0.5, 0.6) is 0 Å². The summed E-state index contributed by atoms with van der Waals surface area (Å²) in [5.41, 5.74) is -0.510. The monoisotopic (exact) mass is 357 g/mol. The zero-order chi connectivity index (χ0) is 19.0. The zero-order valence-electron chi connectivity index (χ0n) is 16.6. The molecule has 1 atom stereocenters. The summed E-state index contributed by atoms with van der Waals surface area (Å²) in [7, 11) is 1.61. The number of amides is 3. The highest BCUT2D eigenvalue weighted by atomic mass is 16.6. The van der Waals surface area contributed by atoms with Crippen LogP contribution in [0.25, 0.3) is 0 Å². The molecule has 7 nitrogen and oxygen atoms in total. The Hall–Kier alpha value is -1.50. The summed E-state index contributed by atoms with van der Waals surface area (Å²) in [6, 6.07) is -0.00382. The molecule has 1 fully saturated rings. The number of hydrogen-bond donors (Lipinski definition) is 1. The predicted octanol–water partition coefficient (Wildman–Crippen LogP) is 2.70. The number of hydrogen-bond acceptors (Lipinski definition) is 4. The zero-order valence-corrected chi connectivity index (χ0v) is 16.6. The Balaban J connectivity index is 2.60. The average molecular weight is 357 g/mol. The molecule has 1 saturated heterocycles. The highest BCUT2D eigenvalue weighted by Crippen LogP contribution is 2.20. The van der Waals surface area contributed by atoms with Gasteiger partial charge in [-0.05, 0) is 53.4 Å². The number of urea groups is 1. The minimum Gasteiger partial charge on any atom is -0.444 e. The first-order chi connectivity index (χ1) is 11.6. The Morgan fingerprint density at radius 3 is 2.56 bits per heavy atom.